The number of benzene rings is 1. The van der Waals surface area contributed by atoms with E-state index in [1.165, 1.54) is 17.0 Å². The predicted octanol–water partition coefficient (Wildman–Crippen LogP) is 1.47. The molecule has 2 heterocycles. The van der Waals surface area contributed by atoms with Gasteiger partial charge < -0.3 is 15.1 Å². The highest BCUT2D eigenvalue weighted by Crippen LogP contribution is 2.13. The van der Waals surface area contributed by atoms with Gasteiger partial charge in [0.05, 0.1) is 0 Å². The standard InChI is InChI=1S/C18H22FN5O2/c19-16-5-3-15(4-6-16)13-22-11-12-23(18(22)26)14-17(25)20-7-1-9-24-10-2-8-21-24/h2-6,8,10H,1,7,9,11-14H2,(H,20,25). The summed E-state index contributed by atoms with van der Waals surface area (Å²) in [5, 5.41) is 6.93. The number of carbonyl (C=O) groups is 2. The van der Waals surface area contributed by atoms with Gasteiger partial charge in [-0.05, 0) is 30.2 Å². The molecule has 0 unspecified atom stereocenters. The van der Waals surface area contributed by atoms with Crippen molar-refractivity contribution in [2.24, 2.45) is 0 Å². The van der Waals surface area contributed by atoms with Crippen LogP contribution in [-0.2, 0) is 17.9 Å². The lowest BCUT2D eigenvalue weighted by Crippen LogP contribution is -2.40. The Morgan fingerprint density at radius 3 is 2.69 bits per heavy atom. The van der Waals surface area contributed by atoms with Crippen LogP contribution in [0.3, 0.4) is 0 Å². The molecule has 1 saturated heterocycles. The summed E-state index contributed by atoms with van der Waals surface area (Å²) >= 11 is 0. The fraction of sp³-hybridized carbons (Fsp3) is 0.389. The molecule has 0 radical (unpaired) electrons. The zero-order chi connectivity index (χ0) is 18.4. The minimum absolute atomic E-state index is 0.0561. The lowest BCUT2D eigenvalue weighted by atomic mass is 10.2. The molecule has 0 bridgehead atoms. The van der Waals surface area contributed by atoms with Crippen molar-refractivity contribution in [3.05, 3.63) is 54.1 Å². The van der Waals surface area contributed by atoms with Crippen LogP contribution in [0.25, 0.3) is 0 Å². The molecule has 7 nitrogen and oxygen atoms in total. The average Bonchev–Trinajstić information content (AvgIpc) is 3.26. The third-order valence-electron chi connectivity index (χ3n) is 4.25. The second kappa shape index (κ2) is 8.46. The van der Waals surface area contributed by atoms with E-state index in [0.717, 1.165) is 18.5 Å². The number of hydrogen-bond donors (Lipinski definition) is 1. The van der Waals surface area contributed by atoms with Gasteiger partial charge in [-0.25, -0.2) is 9.18 Å². The van der Waals surface area contributed by atoms with Crippen LogP contribution in [-0.4, -0.2) is 57.7 Å². The normalized spacial score (nSPS) is 14.1. The van der Waals surface area contributed by atoms with Crippen molar-refractivity contribution < 1.29 is 14.0 Å². The molecule has 1 aromatic carbocycles. The Morgan fingerprint density at radius 1 is 1.19 bits per heavy atom. The van der Waals surface area contributed by atoms with Crippen LogP contribution in [0.15, 0.2) is 42.7 Å². The number of halogens is 1. The molecule has 138 valence electrons. The highest BCUT2D eigenvalue weighted by atomic mass is 19.1. The highest BCUT2D eigenvalue weighted by Gasteiger charge is 2.29. The number of carbonyl (C=O) groups excluding carboxylic acids is 2. The van der Waals surface area contributed by atoms with Crippen LogP contribution in [0.1, 0.15) is 12.0 Å². The summed E-state index contributed by atoms with van der Waals surface area (Å²) in [6.45, 7) is 2.83. The van der Waals surface area contributed by atoms with Crippen LogP contribution in [0.5, 0.6) is 0 Å². The SMILES string of the molecule is O=C(CN1CCN(Cc2ccc(F)cc2)C1=O)NCCCn1cccn1. The predicted molar refractivity (Wildman–Crippen MR) is 93.6 cm³/mol. The van der Waals surface area contributed by atoms with Crippen LogP contribution in [0, 0.1) is 5.82 Å². The summed E-state index contributed by atoms with van der Waals surface area (Å²) in [6, 6.07) is 7.78. The van der Waals surface area contributed by atoms with Gasteiger partial charge in [0.1, 0.15) is 12.4 Å². The molecule has 0 aliphatic carbocycles. The summed E-state index contributed by atoms with van der Waals surface area (Å²) < 4.78 is 14.8. The van der Waals surface area contributed by atoms with Crippen LogP contribution >= 0.6 is 0 Å². The minimum atomic E-state index is -0.299. The van der Waals surface area contributed by atoms with E-state index in [2.05, 4.69) is 10.4 Å². The molecule has 1 aromatic heterocycles. The summed E-state index contributed by atoms with van der Waals surface area (Å²) in [5.41, 5.74) is 0.865. The largest absolute Gasteiger partial charge is 0.354 e. The molecule has 3 rings (SSSR count). The highest BCUT2D eigenvalue weighted by molar-refractivity contribution is 5.85. The zero-order valence-corrected chi connectivity index (χ0v) is 14.5. The molecular formula is C18H22FN5O2. The number of aromatic nitrogens is 2. The summed E-state index contributed by atoms with van der Waals surface area (Å²) in [5.74, 6) is -0.463. The van der Waals surface area contributed by atoms with Gasteiger partial charge in [-0.1, -0.05) is 12.1 Å². The summed E-state index contributed by atoms with van der Waals surface area (Å²) in [4.78, 5) is 27.6. The lowest BCUT2D eigenvalue weighted by Gasteiger charge is -2.18. The maximum atomic E-state index is 13.0. The van der Waals surface area contributed by atoms with Crippen LogP contribution in [0.4, 0.5) is 9.18 Å². The first-order chi connectivity index (χ1) is 12.6. The van der Waals surface area contributed by atoms with Gasteiger partial charge in [-0.15, -0.1) is 0 Å². The van der Waals surface area contributed by atoms with Crippen molar-refractivity contribution in [2.75, 3.05) is 26.2 Å². The van der Waals surface area contributed by atoms with Crippen molar-refractivity contribution in [3.8, 4) is 0 Å². The Morgan fingerprint density at radius 2 is 1.96 bits per heavy atom. The number of nitrogens with one attached hydrogen (secondary N) is 1. The second-order valence-corrected chi connectivity index (χ2v) is 6.22. The molecule has 1 aliphatic heterocycles. The van der Waals surface area contributed by atoms with E-state index in [1.807, 2.05) is 16.9 Å². The van der Waals surface area contributed by atoms with E-state index in [1.54, 1.807) is 23.2 Å². The molecule has 1 aliphatic rings. The van der Waals surface area contributed by atoms with Gasteiger partial charge in [0.2, 0.25) is 5.91 Å². The molecule has 0 saturated carbocycles. The number of amides is 3. The second-order valence-electron chi connectivity index (χ2n) is 6.22. The first-order valence-corrected chi connectivity index (χ1v) is 8.64. The van der Waals surface area contributed by atoms with E-state index in [0.29, 0.717) is 26.2 Å². The number of hydrogen-bond acceptors (Lipinski definition) is 3. The van der Waals surface area contributed by atoms with Crippen molar-refractivity contribution in [3.63, 3.8) is 0 Å². The Bertz CT molecular complexity index is 733. The van der Waals surface area contributed by atoms with Gasteiger partial charge in [-0.2, -0.15) is 5.10 Å². The molecule has 26 heavy (non-hydrogen) atoms. The molecule has 0 atom stereocenters. The van der Waals surface area contributed by atoms with Crippen molar-refractivity contribution >= 4 is 11.9 Å². The monoisotopic (exact) mass is 359 g/mol. The zero-order valence-electron chi connectivity index (χ0n) is 14.5. The van der Waals surface area contributed by atoms with Gasteiger partial charge >= 0.3 is 6.03 Å². The van der Waals surface area contributed by atoms with E-state index < -0.39 is 0 Å². The Hall–Kier alpha value is -2.90. The van der Waals surface area contributed by atoms with Crippen molar-refractivity contribution in [1.82, 2.24) is 24.9 Å². The quantitative estimate of drug-likeness (QED) is 0.726. The molecule has 1 fully saturated rings. The lowest BCUT2D eigenvalue weighted by molar-refractivity contribution is -0.121. The maximum absolute atomic E-state index is 13.0. The van der Waals surface area contributed by atoms with Gasteiger partial charge in [0.25, 0.3) is 0 Å². The Labute approximate surface area is 151 Å². The molecule has 0 spiro atoms. The summed E-state index contributed by atoms with van der Waals surface area (Å²) in [6.07, 6.45) is 4.37. The fourth-order valence-corrected chi connectivity index (χ4v) is 2.87. The van der Waals surface area contributed by atoms with Gasteiger partial charge in [0, 0.05) is 45.1 Å². The number of nitrogens with zero attached hydrogens (tertiary/aromatic N) is 4. The molecule has 2 aromatic rings. The molecule has 3 amide bonds. The van der Waals surface area contributed by atoms with Crippen molar-refractivity contribution in [1.29, 1.82) is 0 Å². The van der Waals surface area contributed by atoms with Gasteiger partial charge in [-0.3, -0.25) is 9.48 Å². The Balaban J connectivity index is 1.38. The smallest absolute Gasteiger partial charge is 0.320 e. The fourth-order valence-electron chi connectivity index (χ4n) is 2.87. The van der Waals surface area contributed by atoms with Crippen molar-refractivity contribution in [2.45, 2.75) is 19.5 Å². The van der Waals surface area contributed by atoms with Gasteiger partial charge in [0.15, 0.2) is 0 Å². The number of rotatable bonds is 8. The average molecular weight is 359 g/mol. The summed E-state index contributed by atoms with van der Waals surface area (Å²) in [7, 11) is 0. The number of aryl methyl sites for hydroxylation is 1. The first kappa shape index (κ1) is 17.9. The van der Waals surface area contributed by atoms with E-state index >= 15 is 0 Å². The maximum Gasteiger partial charge on any atom is 0.320 e. The van der Waals surface area contributed by atoms with E-state index in [9.17, 15) is 14.0 Å². The van der Waals surface area contributed by atoms with E-state index in [-0.39, 0.29) is 24.3 Å². The minimum Gasteiger partial charge on any atom is -0.354 e. The van der Waals surface area contributed by atoms with E-state index in [4.69, 9.17) is 0 Å². The topological polar surface area (TPSA) is 70.5 Å². The molecular weight excluding hydrogens is 337 g/mol. The van der Waals surface area contributed by atoms with Crippen LogP contribution in [0.2, 0.25) is 0 Å². The Kier molecular flexibility index (Phi) is 5.83. The first-order valence-electron chi connectivity index (χ1n) is 8.64. The molecule has 8 heteroatoms. The molecule has 1 N–H and O–H groups in total. The third kappa shape index (κ3) is 4.81. The third-order valence-corrected chi connectivity index (χ3v) is 4.25. The number of urea groups is 1. The van der Waals surface area contributed by atoms with Crippen LogP contribution < -0.4 is 5.32 Å².